The predicted octanol–water partition coefficient (Wildman–Crippen LogP) is 5.05. The molecule has 0 aliphatic rings. The minimum atomic E-state index is -3.77. The Hall–Kier alpha value is -2.94. The average Bonchev–Trinajstić information content (AvgIpc) is 3.07. The SMILES string of the molecule is Cc1ccc(S(=O)(=O)Nc2cccc(C(=O)N=c3sc4ccc(Cl)c(C)c4n3C)c2)cc1. The highest BCUT2D eigenvalue weighted by atomic mass is 35.5. The van der Waals surface area contributed by atoms with Crippen molar-refractivity contribution in [1.82, 2.24) is 4.57 Å². The monoisotopic (exact) mass is 485 g/mol. The lowest BCUT2D eigenvalue weighted by atomic mass is 10.2. The van der Waals surface area contributed by atoms with Crippen molar-refractivity contribution in [3.63, 3.8) is 0 Å². The Labute approximate surface area is 194 Å². The Kier molecular flexibility index (Phi) is 5.94. The molecule has 9 heteroatoms. The number of hydrogen-bond acceptors (Lipinski definition) is 4. The molecule has 32 heavy (non-hydrogen) atoms. The number of benzene rings is 3. The van der Waals surface area contributed by atoms with Crippen LogP contribution in [-0.2, 0) is 17.1 Å². The highest BCUT2D eigenvalue weighted by molar-refractivity contribution is 7.92. The number of thiazole rings is 1. The van der Waals surface area contributed by atoms with Gasteiger partial charge in [-0.05, 0) is 61.9 Å². The van der Waals surface area contributed by atoms with E-state index < -0.39 is 15.9 Å². The maximum Gasteiger partial charge on any atom is 0.279 e. The Balaban J connectivity index is 1.66. The lowest BCUT2D eigenvalue weighted by Crippen LogP contribution is -2.15. The van der Waals surface area contributed by atoms with E-state index in [4.69, 9.17) is 11.6 Å². The summed E-state index contributed by atoms with van der Waals surface area (Å²) in [6.07, 6.45) is 0. The normalized spacial score (nSPS) is 12.3. The van der Waals surface area contributed by atoms with Gasteiger partial charge in [0.15, 0.2) is 4.80 Å². The van der Waals surface area contributed by atoms with Crippen LogP contribution in [0.25, 0.3) is 10.2 Å². The van der Waals surface area contributed by atoms with Crippen LogP contribution in [0.3, 0.4) is 0 Å². The number of aromatic nitrogens is 1. The Bertz CT molecular complexity index is 1520. The van der Waals surface area contributed by atoms with Crippen molar-refractivity contribution in [2.75, 3.05) is 4.72 Å². The third-order valence-corrected chi connectivity index (χ3v) is 7.95. The highest BCUT2D eigenvalue weighted by Gasteiger charge is 2.15. The van der Waals surface area contributed by atoms with E-state index >= 15 is 0 Å². The van der Waals surface area contributed by atoms with Crippen LogP contribution in [0.15, 0.2) is 70.6 Å². The number of sulfonamides is 1. The van der Waals surface area contributed by atoms with E-state index in [1.54, 1.807) is 30.3 Å². The van der Waals surface area contributed by atoms with Gasteiger partial charge in [-0.15, -0.1) is 0 Å². The van der Waals surface area contributed by atoms with Gasteiger partial charge in [0.1, 0.15) is 0 Å². The molecule has 0 saturated carbocycles. The van der Waals surface area contributed by atoms with Gasteiger partial charge in [0.2, 0.25) is 0 Å². The number of fused-ring (bicyclic) bond motifs is 1. The molecule has 0 unspecified atom stereocenters. The zero-order valence-electron chi connectivity index (χ0n) is 17.6. The summed E-state index contributed by atoms with van der Waals surface area (Å²) in [6, 6.07) is 16.6. The summed E-state index contributed by atoms with van der Waals surface area (Å²) in [5, 5.41) is 0.650. The number of rotatable bonds is 4. The molecule has 0 fully saturated rings. The third-order valence-electron chi connectivity index (χ3n) is 5.04. The fourth-order valence-electron chi connectivity index (χ4n) is 3.31. The fraction of sp³-hybridized carbons (Fsp3) is 0.130. The summed E-state index contributed by atoms with van der Waals surface area (Å²) in [6.45, 7) is 3.81. The lowest BCUT2D eigenvalue weighted by Gasteiger charge is -2.09. The fourth-order valence-corrected chi connectivity index (χ4v) is 5.59. The number of carbonyl (C=O) groups excluding carboxylic acids is 1. The molecule has 4 aromatic rings. The van der Waals surface area contributed by atoms with Crippen LogP contribution in [0.4, 0.5) is 5.69 Å². The molecule has 0 atom stereocenters. The summed E-state index contributed by atoms with van der Waals surface area (Å²) in [7, 11) is -1.94. The molecule has 0 spiro atoms. The number of carbonyl (C=O) groups is 1. The molecule has 0 saturated heterocycles. The summed E-state index contributed by atoms with van der Waals surface area (Å²) in [5.41, 5.74) is 3.37. The van der Waals surface area contributed by atoms with Gasteiger partial charge in [-0.3, -0.25) is 9.52 Å². The smallest absolute Gasteiger partial charge is 0.279 e. The van der Waals surface area contributed by atoms with Crippen molar-refractivity contribution in [2.24, 2.45) is 12.0 Å². The van der Waals surface area contributed by atoms with Crippen LogP contribution in [0, 0.1) is 13.8 Å². The van der Waals surface area contributed by atoms with Crippen molar-refractivity contribution < 1.29 is 13.2 Å². The molecule has 1 amide bonds. The van der Waals surface area contributed by atoms with Crippen molar-refractivity contribution in [1.29, 1.82) is 0 Å². The second-order valence-corrected chi connectivity index (χ2v) is 10.5. The van der Waals surface area contributed by atoms with Crippen LogP contribution in [0.5, 0.6) is 0 Å². The third kappa shape index (κ3) is 4.34. The van der Waals surface area contributed by atoms with Crippen molar-refractivity contribution in [2.45, 2.75) is 18.7 Å². The number of anilines is 1. The van der Waals surface area contributed by atoms with E-state index in [1.807, 2.05) is 37.6 Å². The van der Waals surface area contributed by atoms with Crippen LogP contribution < -0.4 is 9.52 Å². The molecule has 4 rings (SSSR count). The quantitative estimate of drug-likeness (QED) is 0.439. The van der Waals surface area contributed by atoms with Gasteiger partial charge in [0, 0.05) is 23.3 Å². The number of hydrogen-bond donors (Lipinski definition) is 1. The molecular weight excluding hydrogens is 466 g/mol. The lowest BCUT2D eigenvalue weighted by molar-refractivity contribution is 0.0998. The first-order chi connectivity index (χ1) is 15.2. The van der Waals surface area contributed by atoms with E-state index in [0.717, 1.165) is 21.3 Å². The van der Waals surface area contributed by atoms with Crippen molar-refractivity contribution in [3.05, 3.63) is 87.2 Å². The van der Waals surface area contributed by atoms with Crippen LogP contribution in [0.2, 0.25) is 5.02 Å². The molecule has 0 bridgehead atoms. The summed E-state index contributed by atoms with van der Waals surface area (Å²) in [4.78, 5) is 17.8. The van der Waals surface area contributed by atoms with Crippen molar-refractivity contribution in [3.8, 4) is 0 Å². The predicted molar refractivity (Wildman–Crippen MR) is 129 cm³/mol. The number of nitrogens with zero attached hydrogens (tertiary/aromatic N) is 2. The molecule has 164 valence electrons. The second kappa shape index (κ2) is 8.54. The largest absolute Gasteiger partial charge is 0.319 e. The van der Waals surface area contributed by atoms with Crippen LogP contribution in [-0.4, -0.2) is 18.9 Å². The highest BCUT2D eigenvalue weighted by Crippen LogP contribution is 2.26. The number of nitrogens with one attached hydrogen (secondary N) is 1. The first kappa shape index (κ1) is 22.3. The Morgan fingerprint density at radius 2 is 1.78 bits per heavy atom. The minimum Gasteiger partial charge on any atom is -0.319 e. The molecule has 0 aliphatic carbocycles. The molecule has 1 N–H and O–H groups in total. The standard InChI is InChI=1S/C23H20ClN3O3S2/c1-14-7-9-18(10-8-14)32(29,30)26-17-6-4-5-16(13-17)22(28)25-23-27(3)21-15(2)19(24)11-12-20(21)31-23/h4-13,26H,1-3H3. The molecular formula is C23H20ClN3O3S2. The average molecular weight is 486 g/mol. The topological polar surface area (TPSA) is 80.5 Å². The Morgan fingerprint density at radius 3 is 2.50 bits per heavy atom. The number of halogens is 1. The summed E-state index contributed by atoms with van der Waals surface area (Å²) in [5.74, 6) is -0.465. The maximum atomic E-state index is 12.8. The first-order valence-corrected chi connectivity index (χ1v) is 12.4. The number of amides is 1. The van der Waals surface area contributed by atoms with Gasteiger partial charge in [-0.2, -0.15) is 4.99 Å². The summed E-state index contributed by atoms with van der Waals surface area (Å²) >= 11 is 7.62. The maximum absolute atomic E-state index is 12.8. The van der Waals surface area contributed by atoms with Crippen LogP contribution in [0.1, 0.15) is 21.5 Å². The second-order valence-electron chi connectivity index (χ2n) is 7.38. The molecule has 6 nitrogen and oxygen atoms in total. The van der Waals surface area contributed by atoms with Gasteiger partial charge in [0.05, 0.1) is 15.1 Å². The molecule has 0 radical (unpaired) electrons. The van der Waals surface area contributed by atoms with Gasteiger partial charge in [0.25, 0.3) is 15.9 Å². The van der Waals surface area contributed by atoms with E-state index in [-0.39, 0.29) is 16.1 Å². The zero-order chi connectivity index (χ0) is 23.0. The van der Waals surface area contributed by atoms with Gasteiger partial charge in [-0.1, -0.05) is 46.7 Å². The van der Waals surface area contributed by atoms with Crippen LogP contribution >= 0.6 is 22.9 Å². The molecule has 1 heterocycles. The van der Waals surface area contributed by atoms with E-state index in [9.17, 15) is 13.2 Å². The van der Waals surface area contributed by atoms with Gasteiger partial charge in [-0.25, -0.2) is 8.42 Å². The van der Waals surface area contributed by atoms with Crippen molar-refractivity contribution >= 4 is 54.8 Å². The minimum absolute atomic E-state index is 0.149. The zero-order valence-corrected chi connectivity index (χ0v) is 20.0. The van der Waals surface area contributed by atoms with Gasteiger partial charge < -0.3 is 4.57 Å². The van der Waals surface area contributed by atoms with E-state index in [1.165, 1.54) is 29.5 Å². The molecule has 3 aromatic carbocycles. The van der Waals surface area contributed by atoms with E-state index in [0.29, 0.717) is 9.82 Å². The first-order valence-electron chi connectivity index (χ1n) is 9.69. The van der Waals surface area contributed by atoms with Gasteiger partial charge >= 0.3 is 0 Å². The molecule has 1 aromatic heterocycles. The number of aryl methyl sites for hydroxylation is 3. The summed E-state index contributed by atoms with van der Waals surface area (Å²) < 4.78 is 30.6. The Morgan fingerprint density at radius 1 is 1.06 bits per heavy atom. The van der Waals surface area contributed by atoms with E-state index in [2.05, 4.69) is 9.71 Å². The molecule has 0 aliphatic heterocycles.